The average Bonchev–Trinajstić information content (AvgIpc) is 2.39. The van der Waals surface area contributed by atoms with Gasteiger partial charge < -0.3 is 4.74 Å². The van der Waals surface area contributed by atoms with Crippen LogP contribution < -0.4 is 9.88 Å². The van der Waals surface area contributed by atoms with Crippen molar-refractivity contribution in [2.75, 3.05) is 32.0 Å². The number of ether oxygens (including phenoxy) is 1. The molecule has 0 amide bonds. The largest absolute Gasteiger partial charge is 0.489 e. The lowest BCUT2D eigenvalue weighted by Gasteiger charge is -2.32. The first-order chi connectivity index (χ1) is 9.94. The highest BCUT2D eigenvalue weighted by Crippen LogP contribution is 2.18. The van der Waals surface area contributed by atoms with Crippen LogP contribution in [0.15, 0.2) is 24.3 Å². The fourth-order valence-corrected chi connectivity index (χ4v) is 3.59. The molecule has 0 bridgehead atoms. The topological polar surface area (TPSA) is 72.6 Å². The second kappa shape index (κ2) is 7.20. The summed E-state index contributed by atoms with van der Waals surface area (Å²) < 4.78 is 41.1. The summed E-state index contributed by atoms with van der Waals surface area (Å²) in [4.78, 5) is 2.14. The van der Waals surface area contributed by atoms with E-state index in [1.54, 1.807) is 18.2 Å². The Kier molecular flexibility index (Phi) is 5.55. The van der Waals surface area contributed by atoms with Crippen LogP contribution in [0.5, 0.6) is 5.75 Å². The van der Waals surface area contributed by atoms with Crippen molar-refractivity contribution in [3.63, 3.8) is 0 Å². The molecule has 1 saturated heterocycles. The van der Waals surface area contributed by atoms with Gasteiger partial charge in [0.25, 0.3) is 0 Å². The van der Waals surface area contributed by atoms with Gasteiger partial charge in [-0.1, -0.05) is 12.1 Å². The molecule has 1 aromatic rings. The highest BCUT2D eigenvalue weighted by molar-refractivity contribution is 7.89. The number of likely N-dealkylation sites (tertiary alicyclic amines) is 1. The molecular weight excluding hydrogens is 295 g/mol. The molecule has 2 N–H and O–H groups in total. The Hall–Kier alpha value is -1.18. The lowest BCUT2D eigenvalue weighted by Crippen LogP contribution is -2.41. The van der Waals surface area contributed by atoms with Gasteiger partial charge in [0.15, 0.2) is 11.6 Å². The Morgan fingerprint density at radius 2 is 2.14 bits per heavy atom. The van der Waals surface area contributed by atoms with E-state index in [9.17, 15) is 12.8 Å². The van der Waals surface area contributed by atoms with Crippen molar-refractivity contribution < 1.29 is 17.5 Å². The maximum absolute atomic E-state index is 13.4. The van der Waals surface area contributed by atoms with Crippen LogP contribution in [0.25, 0.3) is 0 Å². The van der Waals surface area contributed by atoms with E-state index in [1.807, 2.05) is 0 Å². The third kappa shape index (κ3) is 5.61. The fourth-order valence-electron chi connectivity index (χ4n) is 2.67. The van der Waals surface area contributed by atoms with E-state index >= 15 is 0 Å². The zero-order valence-corrected chi connectivity index (χ0v) is 12.7. The Morgan fingerprint density at radius 1 is 1.38 bits per heavy atom. The first kappa shape index (κ1) is 16.2. The van der Waals surface area contributed by atoms with Gasteiger partial charge in [0.05, 0.1) is 5.75 Å². The van der Waals surface area contributed by atoms with Crippen LogP contribution in [0.2, 0.25) is 0 Å². The van der Waals surface area contributed by atoms with Crippen molar-refractivity contribution in [3.8, 4) is 5.75 Å². The van der Waals surface area contributed by atoms with E-state index in [-0.39, 0.29) is 23.2 Å². The molecule has 0 radical (unpaired) electrons. The second-order valence-corrected chi connectivity index (χ2v) is 7.08. The molecule has 21 heavy (non-hydrogen) atoms. The number of benzene rings is 1. The number of nitrogens with zero attached hydrogens (tertiary/aromatic N) is 1. The predicted molar refractivity (Wildman–Crippen MR) is 79.0 cm³/mol. The lowest BCUT2D eigenvalue weighted by atomic mass is 10.0. The molecule has 2 rings (SSSR count). The van der Waals surface area contributed by atoms with Crippen LogP contribution in [0, 0.1) is 11.7 Å². The van der Waals surface area contributed by atoms with E-state index in [2.05, 4.69) is 4.90 Å². The average molecular weight is 316 g/mol. The number of piperidine rings is 1. The van der Waals surface area contributed by atoms with Gasteiger partial charge in [-0.25, -0.2) is 17.9 Å². The number of primary sulfonamides is 1. The Balaban J connectivity index is 1.77. The van der Waals surface area contributed by atoms with Crippen molar-refractivity contribution in [3.05, 3.63) is 30.1 Å². The van der Waals surface area contributed by atoms with Gasteiger partial charge in [0, 0.05) is 13.1 Å². The van der Waals surface area contributed by atoms with Crippen molar-refractivity contribution >= 4 is 10.0 Å². The van der Waals surface area contributed by atoms with E-state index < -0.39 is 10.0 Å². The highest BCUT2D eigenvalue weighted by atomic mass is 32.2. The summed E-state index contributed by atoms with van der Waals surface area (Å²) in [5.74, 6) is -0.0291. The standard InChI is InChI=1S/C14H21FN2O3S/c15-13-5-1-2-6-14(13)20-9-8-17-7-3-4-12(10-17)11-21(16,18)19/h1-2,5-6,12H,3-4,7-11H2,(H2,16,18,19). The zero-order chi connectivity index (χ0) is 15.3. The summed E-state index contributed by atoms with van der Waals surface area (Å²) in [7, 11) is -3.42. The van der Waals surface area contributed by atoms with Crippen LogP contribution in [-0.2, 0) is 10.0 Å². The minimum Gasteiger partial charge on any atom is -0.489 e. The molecule has 7 heteroatoms. The van der Waals surface area contributed by atoms with Crippen LogP contribution >= 0.6 is 0 Å². The van der Waals surface area contributed by atoms with Crippen LogP contribution in [-0.4, -0.2) is 45.3 Å². The monoisotopic (exact) mass is 316 g/mol. The molecule has 1 unspecified atom stereocenters. The Labute approximate surface area is 124 Å². The molecule has 1 aromatic carbocycles. The number of sulfonamides is 1. The van der Waals surface area contributed by atoms with E-state index in [1.165, 1.54) is 6.07 Å². The summed E-state index contributed by atoms with van der Waals surface area (Å²) in [6.45, 7) is 2.62. The van der Waals surface area contributed by atoms with E-state index in [4.69, 9.17) is 9.88 Å². The van der Waals surface area contributed by atoms with Gasteiger partial charge in [-0.2, -0.15) is 0 Å². The number of halogens is 1. The van der Waals surface area contributed by atoms with Crippen molar-refractivity contribution in [2.24, 2.45) is 11.1 Å². The number of nitrogens with two attached hydrogens (primary N) is 1. The minimum absolute atomic E-state index is 0.0255. The third-order valence-electron chi connectivity index (χ3n) is 3.57. The molecule has 0 aliphatic carbocycles. The molecule has 0 spiro atoms. The first-order valence-electron chi connectivity index (χ1n) is 7.04. The molecule has 1 fully saturated rings. The normalized spacial score (nSPS) is 20.4. The van der Waals surface area contributed by atoms with Gasteiger partial charge in [0.1, 0.15) is 6.61 Å². The number of hydrogen-bond donors (Lipinski definition) is 1. The minimum atomic E-state index is -3.42. The molecule has 1 aliphatic heterocycles. The lowest BCUT2D eigenvalue weighted by molar-refractivity contribution is 0.152. The van der Waals surface area contributed by atoms with Gasteiger partial charge in [0.2, 0.25) is 10.0 Å². The number of para-hydroxylation sites is 1. The van der Waals surface area contributed by atoms with Crippen LogP contribution in [0.1, 0.15) is 12.8 Å². The quantitative estimate of drug-likeness (QED) is 0.856. The first-order valence-corrected chi connectivity index (χ1v) is 8.76. The summed E-state index contributed by atoms with van der Waals surface area (Å²) in [5.41, 5.74) is 0. The molecule has 1 aliphatic rings. The smallest absolute Gasteiger partial charge is 0.209 e. The number of rotatable bonds is 6. The third-order valence-corrected chi connectivity index (χ3v) is 4.51. The molecule has 1 atom stereocenters. The van der Waals surface area contributed by atoms with Crippen LogP contribution in [0.3, 0.4) is 0 Å². The zero-order valence-electron chi connectivity index (χ0n) is 11.9. The molecule has 1 heterocycles. The second-order valence-electron chi connectivity index (χ2n) is 5.42. The highest BCUT2D eigenvalue weighted by Gasteiger charge is 2.23. The summed E-state index contributed by atoms with van der Waals surface area (Å²) >= 11 is 0. The molecular formula is C14H21FN2O3S. The van der Waals surface area contributed by atoms with Crippen molar-refractivity contribution in [1.82, 2.24) is 4.90 Å². The SMILES string of the molecule is NS(=O)(=O)CC1CCCN(CCOc2ccccc2F)C1. The van der Waals surface area contributed by atoms with Gasteiger partial charge in [-0.15, -0.1) is 0 Å². The van der Waals surface area contributed by atoms with Gasteiger partial charge in [-0.3, -0.25) is 4.90 Å². The maximum atomic E-state index is 13.4. The Bertz CT molecular complexity index is 565. The maximum Gasteiger partial charge on any atom is 0.209 e. The molecule has 0 aromatic heterocycles. The van der Waals surface area contributed by atoms with Crippen molar-refractivity contribution in [2.45, 2.75) is 12.8 Å². The predicted octanol–water partition coefficient (Wildman–Crippen LogP) is 1.20. The number of hydrogen-bond acceptors (Lipinski definition) is 4. The fraction of sp³-hybridized carbons (Fsp3) is 0.571. The summed E-state index contributed by atoms with van der Waals surface area (Å²) in [6.07, 6.45) is 1.82. The van der Waals surface area contributed by atoms with Crippen LogP contribution in [0.4, 0.5) is 4.39 Å². The summed E-state index contributed by atoms with van der Waals surface area (Å²) in [6, 6.07) is 6.29. The molecule has 0 saturated carbocycles. The van der Waals surface area contributed by atoms with Gasteiger partial charge >= 0.3 is 0 Å². The van der Waals surface area contributed by atoms with Gasteiger partial charge in [-0.05, 0) is 37.4 Å². The van der Waals surface area contributed by atoms with E-state index in [0.717, 1.165) is 19.4 Å². The van der Waals surface area contributed by atoms with E-state index in [0.29, 0.717) is 19.7 Å². The molecule has 5 nitrogen and oxygen atoms in total. The van der Waals surface area contributed by atoms with Crippen molar-refractivity contribution in [1.29, 1.82) is 0 Å². The summed E-state index contributed by atoms with van der Waals surface area (Å²) in [5, 5.41) is 5.09. The Morgan fingerprint density at radius 3 is 2.86 bits per heavy atom. The molecule has 118 valence electrons.